The molecule has 8 heteroatoms. The Morgan fingerprint density at radius 3 is 2.43 bits per heavy atom. The van der Waals surface area contributed by atoms with Crippen molar-refractivity contribution in [2.75, 3.05) is 5.32 Å². The summed E-state index contributed by atoms with van der Waals surface area (Å²) in [6, 6.07) is 13.1. The highest BCUT2D eigenvalue weighted by Gasteiger charge is 2.21. The number of rotatable bonds is 6. The van der Waals surface area contributed by atoms with Gasteiger partial charge in [-0.1, -0.05) is 23.9 Å². The van der Waals surface area contributed by atoms with Gasteiger partial charge >= 0.3 is 0 Å². The molecule has 1 amide bonds. The second kappa shape index (κ2) is 8.35. The standard InChI is InChI=1S/C20H19FN4O2S/c1-12(18(27)14-8-10-15(11-9-14)22-13(2)26)28-20-24-23-19(25(20)3)16-6-4-5-7-17(16)21/h4-12H,1-3H3,(H,22,26)/t12-/m0/s1. The van der Waals surface area contributed by atoms with E-state index in [0.717, 1.165) is 0 Å². The van der Waals surface area contributed by atoms with Crippen LogP contribution in [0, 0.1) is 5.82 Å². The molecule has 0 spiro atoms. The van der Waals surface area contributed by atoms with Gasteiger partial charge in [-0.2, -0.15) is 0 Å². The normalized spacial score (nSPS) is 11.9. The largest absolute Gasteiger partial charge is 0.326 e. The van der Waals surface area contributed by atoms with Gasteiger partial charge in [-0.05, 0) is 43.3 Å². The number of ketones is 1. The van der Waals surface area contributed by atoms with Crippen molar-refractivity contribution in [2.45, 2.75) is 24.3 Å². The number of aromatic nitrogens is 3. The lowest BCUT2D eigenvalue weighted by atomic mass is 10.1. The zero-order valence-electron chi connectivity index (χ0n) is 15.6. The Labute approximate surface area is 166 Å². The topological polar surface area (TPSA) is 76.9 Å². The third-order valence-corrected chi connectivity index (χ3v) is 5.22. The van der Waals surface area contributed by atoms with Gasteiger partial charge in [0, 0.05) is 25.2 Å². The van der Waals surface area contributed by atoms with Crippen LogP contribution in [0.25, 0.3) is 11.4 Å². The Morgan fingerprint density at radius 2 is 1.79 bits per heavy atom. The molecule has 28 heavy (non-hydrogen) atoms. The average Bonchev–Trinajstić information content (AvgIpc) is 3.02. The van der Waals surface area contributed by atoms with Gasteiger partial charge in [-0.25, -0.2) is 4.39 Å². The van der Waals surface area contributed by atoms with Crippen molar-refractivity contribution in [3.63, 3.8) is 0 Å². The number of carbonyl (C=O) groups excluding carboxylic acids is 2. The molecule has 1 atom stereocenters. The first-order valence-electron chi connectivity index (χ1n) is 8.59. The second-order valence-electron chi connectivity index (χ2n) is 6.23. The Morgan fingerprint density at radius 1 is 1.11 bits per heavy atom. The molecule has 0 radical (unpaired) electrons. The van der Waals surface area contributed by atoms with E-state index in [1.807, 2.05) is 0 Å². The van der Waals surface area contributed by atoms with Crippen LogP contribution < -0.4 is 5.32 Å². The Bertz CT molecular complexity index is 1020. The van der Waals surface area contributed by atoms with E-state index in [1.54, 1.807) is 61.0 Å². The van der Waals surface area contributed by atoms with Crippen LogP contribution in [0.1, 0.15) is 24.2 Å². The molecule has 144 valence electrons. The number of hydrogen-bond acceptors (Lipinski definition) is 5. The van der Waals surface area contributed by atoms with Gasteiger partial charge in [-0.3, -0.25) is 9.59 Å². The zero-order chi connectivity index (χ0) is 20.3. The monoisotopic (exact) mass is 398 g/mol. The van der Waals surface area contributed by atoms with Gasteiger partial charge < -0.3 is 9.88 Å². The average molecular weight is 398 g/mol. The summed E-state index contributed by atoms with van der Waals surface area (Å²) in [4.78, 5) is 23.8. The molecule has 3 rings (SSSR count). The Hall–Kier alpha value is -3.00. The van der Waals surface area contributed by atoms with Crippen molar-refractivity contribution in [1.82, 2.24) is 14.8 Å². The summed E-state index contributed by atoms with van der Waals surface area (Å²) in [5.74, 6) is -0.219. The van der Waals surface area contributed by atoms with Crippen LogP contribution in [0.3, 0.4) is 0 Å². The fraction of sp³-hybridized carbons (Fsp3) is 0.200. The van der Waals surface area contributed by atoms with E-state index in [-0.39, 0.29) is 17.5 Å². The van der Waals surface area contributed by atoms with Gasteiger partial charge in [0.2, 0.25) is 5.91 Å². The predicted octanol–water partition coefficient (Wildman–Crippen LogP) is 3.94. The molecule has 0 aliphatic heterocycles. The van der Waals surface area contributed by atoms with E-state index < -0.39 is 5.25 Å². The van der Waals surface area contributed by atoms with E-state index in [2.05, 4.69) is 15.5 Å². The van der Waals surface area contributed by atoms with Crippen LogP contribution in [0.15, 0.2) is 53.7 Å². The van der Waals surface area contributed by atoms with Crippen molar-refractivity contribution in [3.05, 3.63) is 59.9 Å². The van der Waals surface area contributed by atoms with Crippen LogP contribution in [-0.2, 0) is 11.8 Å². The molecular formula is C20H19FN4O2S. The molecule has 6 nitrogen and oxygen atoms in total. The van der Waals surface area contributed by atoms with Crippen molar-refractivity contribution in [2.24, 2.45) is 7.05 Å². The maximum absolute atomic E-state index is 14.0. The lowest BCUT2D eigenvalue weighted by Crippen LogP contribution is -2.14. The van der Waals surface area contributed by atoms with E-state index in [4.69, 9.17) is 0 Å². The molecule has 0 unspecified atom stereocenters. The molecule has 3 aromatic rings. The summed E-state index contributed by atoms with van der Waals surface area (Å²) >= 11 is 1.26. The summed E-state index contributed by atoms with van der Waals surface area (Å²) < 4.78 is 15.7. The van der Waals surface area contributed by atoms with E-state index in [9.17, 15) is 14.0 Å². The maximum atomic E-state index is 14.0. The number of carbonyl (C=O) groups is 2. The molecule has 2 aromatic carbocycles. The third kappa shape index (κ3) is 4.28. The Balaban J connectivity index is 1.74. The fourth-order valence-corrected chi connectivity index (χ4v) is 3.55. The Kier molecular flexibility index (Phi) is 5.89. The summed E-state index contributed by atoms with van der Waals surface area (Å²) in [6.45, 7) is 3.21. The quantitative estimate of drug-likeness (QED) is 0.503. The van der Waals surface area contributed by atoms with Crippen LogP contribution in [0.4, 0.5) is 10.1 Å². The summed E-state index contributed by atoms with van der Waals surface area (Å²) in [7, 11) is 1.74. The minimum Gasteiger partial charge on any atom is -0.326 e. The number of nitrogens with zero attached hydrogens (tertiary/aromatic N) is 3. The van der Waals surface area contributed by atoms with Crippen molar-refractivity contribution in [1.29, 1.82) is 0 Å². The number of benzene rings is 2. The molecule has 0 saturated carbocycles. The third-order valence-electron chi connectivity index (χ3n) is 4.09. The number of halogens is 1. The zero-order valence-corrected chi connectivity index (χ0v) is 16.5. The highest BCUT2D eigenvalue weighted by molar-refractivity contribution is 8.00. The first-order valence-corrected chi connectivity index (χ1v) is 9.47. The molecule has 0 aliphatic carbocycles. The molecule has 1 heterocycles. The van der Waals surface area contributed by atoms with E-state index in [0.29, 0.717) is 27.8 Å². The van der Waals surface area contributed by atoms with Crippen LogP contribution in [0.5, 0.6) is 0 Å². The first-order chi connectivity index (χ1) is 13.4. The highest BCUT2D eigenvalue weighted by atomic mass is 32.2. The number of Topliss-reactive ketones (excluding diaryl/α,β-unsaturated/α-hetero) is 1. The fourth-order valence-electron chi connectivity index (χ4n) is 2.66. The van der Waals surface area contributed by atoms with Crippen LogP contribution >= 0.6 is 11.8 Å². The van der Waals surface area contributed by atoms with Gasteiger partial charge in [0.15, 0.2) is 16.8 Å². The van der Waals surface area contributed by atoms with Crippen molar-refractivity contribution >= 4 is 29.1 Å². The number of amides is 1. The highest BCUT2D eigenvalue weighted by Crippen LogP contribution is 2.28. The van der Waals surface area contributed by atoms with E-state index >= 15 is 0 Å². The van der Waals surface area contributed by atoms with Gasteiger partial charge in [0.05, 0.1) is 10.8 Å². The molecule has 1 N–H and O–H groups in total. The second-order valence-corrected chi connectivity index (χ2v) is 7.54. The molecule has 0 fully saturated rings. The van der Waals surface area contributed by atoms with Gasteiger partial charge in [0.25, 0.3) is 0 Å². The molecular weight excluding hydrogens is 379 g/mol. The molecule has 1 aromatic heterocycles. The smallest absolute Gasteiger partial charge is 0.221 e. The van der Waals surface area contributed by atoms with Crippen LogP contribution in [-0.4, -0.2) is 31.7 Å². The minimum absolute atomic E-state index is 0.0742. The first kappa shape index (κ1) is 19.8. The minimum atomic E-state index is -0.414. The summed E-state index contributed by atoms with van der Waals surface area (Å²) in [5, 5.41) is 10.9. The lowest BCUT2D eigenvalue weighted by Gasteiger charge is -2.11. The van der Waals surface area contributed by atoms with E-state index in [1.165, 1.54) is 24.8 Å². The van der Waals surface area contributed by atoms with Crippen molar-refractivity contribution < 1.29 is 14.0 Å². The van der Waals surface area contributed by atoms with Gasteiger partial charge in [0.1, 0.15) is 5.82 Å². The maximum Gasteiger partial charge on any atom is 0.221 e. The lowest BCUT2D eigenvalue weighted by molar-refractivity contribution is -0.114. The van der Waals surface area contributed by atoms with Crippen molar-refractivity contribution in [3.8, 4) is 11.4 Å². The van der Waals surface area contributed by atoms with Crippen LogP contribution in [0.2, 0.25) is 0 Å². The molecule has 0 bridgehead atoms. The predicted molar refractivity (Wildman–Crippen MR) is 107 cm³/mol. The summed E-state index contributed by atoms with van der Waals surface area (Å²) in [5.41, 5.74) is 1.52. The summed E-state index contributed by atoms with van der Waals surface area (Å²) in [6.07, 6.45) is 0. The number of nitrogens with one attached hydrogen (secondary N) is 1. The number of hydrogen-bond donors (Lipinski definition) is 1. The number of thioether (sulfide) groups is 1. The van der Waals surface area contributed by atoms with Gasteiger partial charge in [-0.15, -0.1) is 10.2 Å². The SMILES string of the molecule is CC(=O)Nc1ccc(C(=O)[C@H](C)Sc2nnc(-c3ccccc3F)n2C)cc1. The molecule has 0 saturated heterocycles. The number of anilines is 1. The molecule has 0 aliphatic rings.